The van der Waals surface area contributed by atoms with Gasteiger partial charge in [-0.3, -0.25) is 9.69 Å². The lowest BCUT2D eigenvalue weighted by molar-refractivity contribution is 0.0841. The molecule has 2 aliphatic rings. The van der Waals surface area contributed by atoms with Crippen molar-refractivity contribution in [3.8, 4) is 5.75 Å². The van der Waals surface area contributed by atoms with Gasteiger partial charge in [0.1, 0.15) is 18.2 Å². The second-order valence-electron chi connectivity index (χ2n) is 9.72. The van der Waals surface area contributed by atoms with Crippen LogP contribution in [-0.2, 0) is 19.6 Å². The van der Waals surface area contributed by atoms with Gasteiger partial charge in [0.25, 0.3) is 5.91 Å². The van der Waals surface area contributed by atoms with Crippen LogP contribution in [0.25, 0.3) is 0 Å². The zero-order valence-corrected chi connectivity index (χ0v) is 23.0. The van der Waals surface area contributed by atoms with Crippen molar-refractivity contribution >= 4 is 34.3 Å². The van der Waals surface area contributed by atoms with Gasteiger partial charge in [-0.15, -0.1) is 0 Å². The molecule has 1 atom stereocenters. The molecule has 1 aliphatic carbocycles. The first-order valence-electron chi connectivity index (χ1n) is 12.7. The minimum absolute atomic E-state index is 0.196. The van der Waals surface area contributed by atoms with Crippen molar-refractivity contribution < 1.29 is 19.1 Å². The average molecular weight is 617 g/mol. The minimum Gasteiger partial charge on any atom is -0.484 e. The monoisotopic (exact) mass is 617 g/mol. The van der Waals surface area contributed by atoms with Crippen LogP contribution < -0.4 is 15.4 Å². The van der Waals surface area contributed by atoms with Gasteiger partial charge in [0.05, 0.1) is 15.4 Å². The van der Waals surface area contributed by atoms with Gasteiger partial charge < -0.3 is 24.9 Å². The van der Waals surface area contributed by atoms with Crippen LogP contribution >= 0.6 is 22.6 Å². The summed E-state index contributed by atoms with van der Waals surface area (Å²) in [5.41, 5.74) is 3.90. The molecule has 2 aromatic heterocycles. The van der Waals surface area contributed by atoms with Crippen molar-refractivity contribution in [2.45, 2.75) is 57.9 Å². The molecule has 1 fully saturated rings. The second-order valence-corrected chi connectivity index (χ2v) is 10.8. The van der Waals surface area contributed by atoms with Gasteiger partial charge in [-0.05, 0) is 84.5 Å². The topological polar surface area (TPSA) is 113 Å². The Hall–Kier alpha value is -2.70. The number of amides is 1. The van der Waals surface area contributed by atoms with E-state index < -0.39 is 6.10 Å². The highest BCUT2D eigenvalue weighted by atomic mass is 127. The van der Waals surface area contributed by atoms with Crippen LogP contribution in [0.2, 0.25) is 0 Å². The van der Waals surface area contributed by atoms with Gasteiger partial charge in [-0.2, -0.15) is 0 Å². The van der Waals surface area contributed by atoms with E-state index in [1.807, 2.05) is 13.0 Å². The van der Waals surface area contributed by atoms with Crippen LogP contribution in [0.4, 0.5) is 5.82 Å². The standard InChI is InChI=1S/C27H32IN5O4/c1-17-24(37-16-31-17)15-36-23-6-5-19-13-33(10-8-22(19)26(23)28)14-21(34)12-30-27(35)18-7-9-29-25(11-18)32-20-3-2-4-20/h5-7,9,11,16,20-21,34H,2-4,8,10,12-15H2,1H3,(H,29,32)(H,30,35)/t21-/m0/s1. The number of hydrogen-bond acceptors (Lipinski definition) is 8. The third-order valence-electron chi connectivity index (χ3n) is 7.03. The molecule has 0 saturated heterocycles. The van der Waals surface area contributed by atoms with E-state index in [0.717, 1.165) is 58.9 Å². The number of aliphatic hydroxyl groups is 1. The Bertz CT molecular complexity index is 1250. The normalized spacial score (nSPS) is 16.5. The lowest BCUT2D eigenvalue weighted by Crippen LogP contribution is -2.42. The number of carbonyl (C=O) groups excluding carboxylic acids is 1. The maximum Gasteiger partial charge on any atom is 0.251 e. The fourth-order valence-electron chi connectivity index (χ4n) is 4.61. The number of aryl methyl sites for hydroxylation is 1. The van der Waals surface area contributed by atoms with E-state index in [2.05, 4.69) is 54.2 Å². The maximum atomic E-state index is 12.6. The number of anilines is 1. The third kappa shape index (κ3) is 6.42. The maximum absolute atomic E-state index is 12.6. The second kappa shape index (κ2) is 11.8. The highest BCUT2D eigenvalue weighted by Crippen LogP contribution is 2.32. The molecule has 1 aromatic carbocycles. The average Bonchev–Trinajstić information content (AvgIpc) is 3.29. The molecule has 3 aromatic rings. The summed E-state index contributed by atoms with van der Waals surface area (Å²) in [6.07, 6.45) is 6.81. The number of pyridine rings is 1. The number of aliphatic hydroxyl groups excluding tert-OH is 1. The molecule has 1 saturated carbocycles. The number of oxazole rings is 1. The van der Waals surface area contributed by atoms with E-state index in [9.17, 15) is 9.90 Å². The summed E-state index contributed by atoms with van der Waals surface area (Å²) in [5.74, 6) is 2.09. The predicted octanol–water partition coefficient (Wildman–Crippen LogP) is 3.68. The Balaban J connectivity index is 1.10. The van der Waals surface area contributed by atoms with Crippen LogP contribution in [0.15, 0.2) is 41.3 Å². The molecule has 37 heavy (non-hydrogen) atoms. The molecular formula is C27H32IN5O4. The summed E-state index contributed by atoms with van der Waals surface area (Å²) in [4.78, 5) is 23.3. The van der Waals surface area contributed by atoms with Gasteiger partial charge in [0.15, 0.2) is 12.2 Å². The highest BCUT2D eigenvalue weighted by molar-refractivity contribution is 14.1. The number of fused-ring (bicyclic) bond motifs is 1. The van der Waals surface area contributed by atoms with E-state index >= 15 is 0 Å². The zero-order valence-electron chi connectivity index (χ0n) is 20.9. The van der Waals surface area contributed by atoms with E-state index in [1.165, 1.54) is 23.9 Å². The van der Waals surface area contributed by atoms with Crippen molar-refractivity contribution in [3.63, 3.8) is 0 Å². The van der Waals surface area contributed by atoms with Gasteiger partial charge in [0.2, 0.25) is 0 Å². The Morgan fingerprint density at radius 1 is 1.32 bits per heavy atom. The molecular weight excluding hydrogens is 585 g/mol. The van der Waals surface area contributed by atoms with Gasteiger partial charge >= 0.3 is 0 Å². The van der Waals surface area contributed by atoms with Crippen molar-refractivity contribution in [2.75, 3.05) is 25.0 Å². The number of halogens is 1. The number of ether oxygens (including phenoxy) is 1. The van der Waals surface area contributed by atoms with Gasteiger partial charge in [-0.25, -0.2) is 9.97 Å². The molecule has 3 heterocycles. The number of carbonyl (C=O) groups is 1. The number of nitrogens with one attached hydrogen (secondary N) is 2. The molecule has 9 nitrogen and oxygen atoms in total. The highest BCUT2D eigenvalue weighted by Gasteiger charge is 2.23. The van der Waals surface area contributed by atoms with Crippen molar-refractivity contribution in [1.29, 1.82) is 0 Å². The lowest BCUT2D eigenvalue weighted by Gasteiger charge is -2.31. The van der Waals surface area contributed by atoms with Crippen molar-refractivity contribution in [2.24, 2.45) is 0 Å². The summed E-state index contributed by atoms with van der Waals surface area (Å²) in [5, 5.41) is 16.8. The fraction of sp³-hybridized carbons (Fsp3) is 0.444. The van der Waals surface area contributed by atoms with Crippen LogP contribution in [0, 0.1) is 10.5 Å². The van der Waals surface area contributed by atoms with Crippen molar-refractivity contribution in [1.82, 2.24) is 20.2 Å². The molecule has 1 aliphatic heterocycles. The quantitative estimate of drug-likeness (QED) is 0.296. The molecule has 1 amide bonds. The Labute approximate surface area is 230 Å². The summed E-state index contributed by atoms with van der Waals surface area (Å²) < 4.78 is 12.5. The molecule has 10 heteroatoms. The molecule has 0 spiro atoms. The number of nitrogens with zero attached hydrogens (tertiary/aromatic N) is 3. The first-order valence-corrected chi connectivity index (χ1v) is 13.8. The van der Waals surface area contributed by atoms with Crippen LogP contribution in [0.1, 0.15) is 52.2 Å². The zero-order chi connectivity index (χ0) is 25.8. The molecule has 0 radical (unpaired) electrons. The lowest BCUT2D eigenvalue weighted by atomic mass is 9.93. The first kappa shape index (κ1) is 25.9. The Morgan fingerprint density at radius 2 is 2.19 bits per heavy atom. The molecule has 0 unspecified atom stereocenters. The first-order chi connectivity index (χ1) is 18.0. The Morgan fingerprint density at radius 3 is 2.95 bits per heavy atom. The number of aromatic nitrogens is 2. The number of hydrogen-bond donors (Lipinski definition) is 3. The third-order valence-corrected chi connectivity index (χ3v) is 8.21. The van der Waals surface area contributed by atoms with E-state index in [-0.39, 0.29) is 12.5 Å². The predicted molar refractivity (Wildman–Crippen MR) is 148 cm³/mol. The summed E-state index contributed by atoms with van der Waals surface area (Å²) in [6.45, 7) is 4.52. The minimum atomic E-state index is -0.660. The van der Waals surface area contributed by atoms with Crippen LogP contribution in [-0.4, -0.2) is 57.7 Å². The summed E-state index contributed by atoms with van der Waals surface area (Å²) >= 11 is 2.35. The molecule has 5 rings (SSSR count). The van der Waals surface area contributed by atoms with Gasteiger partial charge in [0, 0.05) is 44.0 Å². The number of rotatable bonds is 10. The fourth-order valence-corrected chi connectivity index (χ4v) is 5.56. The van der Waals surface area contributed by atoms with E-state index in [0.29, 0.717) is 24.8 Å². The van der Waals surface area contributed by atoms with E-state index in [1.54, 1.807) is 18.3 Å². The number of benzene rings is 1. The largest absolute Gasteiger partial charge is 0.484 e. The van der Waals surface area contributed by atoms with E-state index in [4.69, 9.17) is 9.15 Å². The smallest absolute Gasteiger partial charge is 0.251 e. The van der Waals surface area contributed by atoms with Crippen LogP contribution in [0.3, 0.4) is 0 Å². The Kier molecular flexibility index (Phi) is 8.26. The number of β-amino-alcohol motifs (C(OH)–C–C–N with tert-alkyl or cyclic N) is 1. The van der Waals surface area contributed by atoms with Crippen LogP contribution in [0.5, 0.6) is 5.75 Å². The summed E-state index contributed by atoms with van der Waals surface area (Å²) in [7, 11) is 0. The summed E-state index contributed by atoms with van der Waals surface area (Å²) in [6, 6.07) is 8.01. The van der Waals surface area contributed by atoms with Crippen molar-refractivity contribution in [3.05, 3.63) is 68.6 Å². The SMILES string of the molecule is Cc1ncoc1COc1ccc2c(c1I)CCN(C[C@@H](O)CNC(=O)c1ccnc(NC3CCC3)c1)C2. The molecule has 3 N–H and O–H groups in total. The molecule has 0 bridgehead atoms. The van der Waals surface area contributed by atoms with Gasteiger partial charge in [-0.1, -0.05) is 6.07 Å². The molecule has 196 valence electrons.